The molecule has 2 rings (SSSR count). The zero-order valence-corrected chi connectivity index (χ0v) is 16.1. The van der Waals surface area contributed by atoms with Gasteiger partial charge in [0.1, 0.15) is 0 Å². The van der Waals surface area contributed by atoms with Crippen molar-refractivity contribution in [2.24, 2.45) is 10.7 Å². The Labute approximate surface area is 152 Å². The number of anilines is 1. The molecule has 0 amide bonds. The Balaban J connectivity index is 0.00000242. The van der Waals surface area contributed by atoms with Crippen LogP contribution >= 0.6 is 35.3 Å². The molecule has 1 heterocycles. The average Bonchev–Trinajstić information content (AvgIpc) is 2.77. The summed E-state index contributed by atoms with van der Waals surface area (Å²) in [6.07, 6.45) is 0. The smallest absolute Gasteiger partial charge is 0.193 e. The van der Waals surface area contributed by atoms with Crippen LogP contribution in [0.15, 0.2) is 29.3 Å². The highest BCUT2D eigenvalue weighted by molar-refractivity contribution is 14.0. The standard InChI is InChI=1S/C15H20N4OS.HI/c1-10-14(21-11(2)18-10)8-17-15(16)19-13-7-5-4-6-12(13)9-20-3;/h4-7H,8-9H2,1-3H3,(H3,16,17,19);1H. The molecule has 5 nitrogen and oxygen atoms in total. The summed E-state index contributed by atoms with van der Waals surface area (Å²) < 4.78 is 5.17. The van der Waals surface area contributed by atoms with E-state index in [4.69, 9.17) is 10.5 Å². The van der Waals surface area contributed by atoms with E-state index in [1.807, 2.05) is 38.1 Å². The third kappa shape index (κ3) is 5.22. The summed E-state index contributed by atoms with van der Waals surface area (Å²) in [4.78, 5) is 9.90. The molecule has 1 aromatic carbocycles. The lowest BCUT2D eigenvalue weighted by Crippen LogP contribution is -2.23. The van der Waals surface area contributed by atoms with Gasteiger partial charge in [-0.2, -0.15) is 0 Å². The number of aromatic nitrogens is 1. The molecular formula is C15H21IN4OS. The summed E-state index contributed by atoms with van der Waals surface area (Å²) >= 11 is 1.65. The van der Waals surface area contributed by atoms with Crippen LogP contribution in [0.4, 0.5) is 5.69 Å². The number of guanidine groups is 1. The molecule has 0 aliphatic carbocycles. The molecule has 0 bridgehead atoms. The van der Waals surface area contributed by atoms with Gasteiger partial charge >= 0.3 is 0 Å². The Morgan fingerprint density at radius 3 is 2.73 bits per heavy atom. The number of rotatable bonds is 5. The molecule has 0 unspecified atom stereocenters. The molecule has 0 spiro atoms. The fourth-order valence-corrected chi connectivity index (χ4v) is 2.84. The lowest BCUT2D eigenvalue weighted by Gasteiger charge is -2.10. The summed E-state index contributed by atoms with van der Waals surface area (Å²) in [5.41, 5.74) is 8.94. The number of ether oxygens (including phenoxy) is 1. The van der Waals surface area contributed by atoms with Crippen LogP contribution in [0.3, 0.4) is 0 Å². The molecule has 2 aromatic rings. The van der Waals surface area contributed by atoms with Gasteiger partial charge in [0.05, 0.1) is 23.9 Å². The van der Waals surface area contributed by atoms with Gasteiger partial charge in [-0.15, -0.1) is 35.3 Å². The highest BCUT2D eigenvalue weighted by atomic mass is 127. The fraction of sp³-hybridized carbons (Fsp3) is 0.333. The number of halogens is 1. The maximum Gasteiger partial charge on any atom is 0.193 e. The van der Waals surface area contributed by atoms with Crippen LogP contribution in [0, 0.1) is 13.8 Å². The quantitative estimate of drug-likeness (QED) is 0.431. The number of aliphatic imine (C=N–C) groups is 1. The van der Waals surface area contributed by atoms with Crippen molar-refractivity contribution in [2.75, 3.05) is 12.4 Å². The summed E-state index contributed by atoms with van der Waals surface area (Å²) in [5.74, 6) is 0.393. The number of hydrogen-bond acceptors (Lipinski definition) is 4. The van der Waals surface area contributed by atoms with Crippen LogP contribution < -0.4 is 11.1 Å². The first-order chi connectivity index (χ1) is 10.1. The summed E-state index contributed by atoms with van der Waals surface area (Å²) in [5, 5.41) is 4.17. The molecule has 0 saturated carbocycles. The van der Waals surface area contributed by atoms with Gasteiger partial charge in [-0.05, 0) is 19.9 Å². The highest BCUT2D eigenvalue weighted by Gasteiger charge is 2.05. The molecule has 0 radical (unpaired) electrons. The van der Waals surface area contributed by atoms with Crippen molar-refractivity contribution in [1.29, 1.82) is 0 Å². The van der Waals surface area contributed by atoms with Gasteiger partial charge in [0, 0.05) is 23.2 Å². The van der Waals surface area contributed by atoms with E-state index in [1.165, 1.54) is 0 Å². The van der Waals surface area contributed by atoms with Crippen LogP contribution in [0.25, 0.3) is 0 Å². The SMILES string of the molecule is COCc1ccccc1NC(N)=NCc1sc(C)nc1C.I. The van der Waals surface area contributed by atoms with E-state index >= 15 is 0 Å². The van der Waals surface area contributed by atoms with E-state index in [9.17, 15) is 0 Å². The predicted octanol–water partition coefficient (Wildman–Crippen LogP) is 3.45. The average molecular weight is 432 g/mol. The van der Waals surface area contributed by atoms with Gasteiger partial charge in [0.2, 0.25) is 0 Å². The molecule has 0 aliphatic heterocycles. The molecule has 22 heavy (non-hydrogen) atoms. The van der Waals surface area contributed by atoms with Crippen molar-refractivity contribution in [3.8, 4) is 0 Å². The molecule has 0 aliphatic rings. The van der Waals surface area contributed by atoms with Crippen LogP contribution in [0.1, 0.15) is 21.1 Å². The maximum atomic E-state index is 5.96. The predicted molar refractivity (Wildman–Crippen MR) is 103 cm³/mol. The fourth-order valence-electron chi connectivity index (χ4n) is 1.98. The number of aryl methyl sites for hydroxylation is 2. The Morgan fingerprint density at radius 1 is 1.36 bits per heavy atom. The second-order valence-corrected chi connectivity index (χ2v) is 5.95. The van der Waals surface area contributed by atoms with Crippen molar-refractivity contribution in [3.63, 3.8) is 0 Å². The number of hydrogen-bond donors (Lipinski definition) is 2. The zero-order valence-electron chi connectivity index (χ0n) is 12.9. The van der Waals surface area contributed by atoms with Crippen LogP contribution in [-0.2, 0) is 17.9 Å². The first-order valence-corrected chi connectivity index (χ1v) is 7.48. The number of para-hydroxylation sites is 1. The number of nitrogens with one attached hydrogen (secondary N) is 1. The molecular weight excluding hydrogens is 411 g/mol. The second kappa shape index (κ2) is 9.06. The number of nitrogens with zero attached hydrogens (tertiary/aromatic N) is 2. The van der Waals surface area contributed by atoms with E-state index < -0.39 is 0 Å². The summed E-state index contributed by atoms with van der Waals surface area (Å²) in [6, 6.07) is 7.87. The van der Waals surface area contributed by atoms with E-state index in [0.29, 0.717) is 19.1 Å². The van der Waals surface area contributed by atoms with E-state index in [1.54, 1.807) is 18.4 Å². The Hall–Kier alpha value is -1.19. The molecule has 0 atom stereocenters. The van der Waals surface area contributed by atoms with Crippen molar-refractivity contribution < 1.29 is 4.74 Å². The van der Waals surface area contributed by atoms with E-state index in [0.717, 1.165) is 26.8 Å². The second-order valence-electron chi connectivity index (χ2n) is 4.66. The number of thiazole rings is 1. The lowest BCUT2D eigenvalue weighted by molar-refractivity contribution is 0.185. The summed E-state index contributed by atoms with van der Waals surface area (Å²) in [7, 11) is 1.67. The van der Waals surface area contributed by atoms with E-state index in [2.05, 4.69) is 15.3 Å². The monoisotopic (exact) mass is 432 g/mol. The largest absolute Gasteiger partial charge is 0.380 e. The van der Waals surface area contributed by atoms with Crippen LogP contribution in [-0.4, -0.2) is 18.1 Å². The molecule has 3 N–H and O–H groups in total. The third-order valence-electron chi connectivity index (χ3n) is 2.97. The van der Waals surface area contributed by atoms with Crippen molar-refractivity contribution in [3.05, 3.63) is 45.4 Å². The zero-order chi connectivity index (χ0) is 15.2. The van der Waals surface area contributed by atoms with Gasteiger partial charge in [-0.25, -0.2) is 9.98 Å². The number of nitrogens with two attached hydrogens (primary N) is 1. The Morgan fingerprint density at radius 2 is 2.09 bits per heavy atom. The van der Waals surface area contributed by atoms with Gasteiger partial charge in [-0.3, -0.25) is 0 Å². The van der Waals surface area contributed by atoms with Crippen LogP contribution in [0.2, 0.25) is 0 Å². The van der Waals surface area contributed by atoms with Crippen molar-refractivity contribution >= 4 is 47.0 Å². The minimum absolute atomic E-state index is 0. The molecule has 0 fully saturated rings. The minimum Gasteiger partial charge on any atom is -0.380 e. The first-order valence-electron chi connectivity index (χ1n) is 6.67. The van der Waals surface area contributed by atoms with Gasteiger partial charge in [-0.1, -0.05) is 18.2 Å². The molecule has 1 aromatic heterocycles. The molecule has 7 heteroatoms. The van der Waals surface area contributed by atoms with E-state index in [-0.39, 0.29) is 24.0 Å². The molecule has 0 saturated heterocycles. The highest BCUT2D eigenvalue weighted by Crippen LogP contribution is 2.18. The Kier molecular flexibility index (Phi) is 7.77. The van der Waals surface area contributed by atoms with Gasteiger partial charge in [0.15, 0.2) is 5.96 Å². The molecule has 120 valence electrons. The van der Waals surface area contributed by atoms with Crippen LogP contribution in [0.5, 0.6) is 0 Å². The van der Waals surface area contributed by atoms with Crippen molar-refractivity contribution in [1.82, 2.24) is 4.98 Å². The Bertz CT molecular complexity index is 642. The maximum absolute atomic E-state index is 5.96. The summed E-state index contributed by atoms with van der Waals surface area (Å²) in [6.45, 7) is 5.06. The topological polar surface area (TPSA) is 72.5 Å². The normalized spacial score (nSPS) is 11.1. The van der Waals surface area contributed by atoms with Crippen molar-refractivity contribution in [2.45, 2.75) is 27.0 Å². The van der Waals surface area contributed by atoms with Gasteiger partial charge in [0.25, 0.3) is 0 Å². The lowest BCUT2D eigenvalue weighted by atomic mass is 10.2. The van der Waals surface area contributed by atoms with Gasteiger partial charge < -0.3 is 15.8 Å². The third-order valence-corrected chi connectivity index (χ3v) is 4.03. The minimum atomic E-state index is 0. The first kappa shape index (κ1) is 18.9. The number of methoxy groups -OCH3 is 1. The number of benzene rings is 1.